The molecule has 0 radical (unpaired) electrons. The lowest BCUT2D eigenvalue weighted by atomic mass is 10.0. The van der Waals surface area contributed by atoms with Crippen molar-refractivity contribution in [2.75, 3.05) is 11.8 Å². The zero-order chi connectivity index (χ0) is 13.8. The molecule has 1 rings (SSSR count). The number of rotatable bonds is 5. The van der Waals surface area contributed by atoms with Crippen LogP contribution in [0.5, 0.6) is 0 Å². The van der Waals surface area contributed by atoms with Gasteiger partial charge in [0.1, 0.15) is 0 Å². The van der Waals surface area contributed by atoms with E-state index in [0.717, 1.165) is 10.0 Å². The molecule has 100 valence electrons. The van der Waals surface area contributed by atoms with Crippen molar-refractivity contribution in [3.63, 3.8) is 0 Å². The van der Waals surface area contributed by atoms with Crippen LogP contribution in [0.4, 0.5) is 0 Å². The zero-order valence-corrected chi connectivity index (χ0v) is 13.5. The van der Waals surface area contributed by atoms with E-state index < -0.39 is 5.54 Å². The summed E-state index contributed by atoms with van der Waals surface area (Å²) in [4.78, 5) is 12.2. The third kappa shape index (κ3) is 3.62. The molecule has 0 aromatic heterocycles. The minimum Gasteiger partial charge on any atom is -0.344 e. The molecule has 0 spiro atoms. The molecule has 0 bridgehead atoms. The van der Waals surface area contributed by atoms with Crippen LogP contribution < -0.4 is 5.32 Å². The standard InChI is InChI=1S/C13H16BrCl2NO/c1-3-13(7-15,8-16)17-12(18)10-4-5-11(14)9(2)6-10/h4-6H,3,7-8H2,1-2H3,(H,17,18). The number of hydrogen-bond donors (Lipinski definition) is 1. The molecule has 0 unspecified atom stereocenters. The molecule has 1 amide bonds. The van der Waals surface area contributed by atoms with Crippen molar-refractivity contribution >= 4 is 45.0 Å². The van der Waals surface area contributed by atoms with Crippen LogP contribution in [-0.4, -0.2) is 23.2 Å². The van der Waals surface area contributed by atoms with Gasteiger partial charge >= 0.3 is 0 Å². The summed E-state index contributed by atoms with van der Waals surface area (Å²) in [5.74, 6) is 0.455. The van der Waals surface area contributed by atoms with Crippen LogP contribution in [0, 0.1) is 6.92 Å². The molecule has 18 heavy (non-hydrogen) atoms. The maximum atomic E-state index is 12.2. The quantitative estimate of drug-likeness (QED) is 0.793. The molecule has 1 aromatic carbocycles. The van der Waals surface area contributed by atoms with Crippen LogP contribution in [0.15, 0.2) is 22.7 Å². The Labute approximate surface area is 126 Å². The number of alkyl halides is 2. The van der Waals surface area contributed by atoms with Gasteiger partial charge in [0.25, 0.3) is 5.91 Å². The fraction of sp³-hybridized carbons (Fsp3) is 0.462. The van der Waals surface area contributed by atoms with E-state index in [4.69, 9.17) is 23.2 Å². The highest BCUT2D eigenvalue weighted by atomic mass is 79.9. The molecule has 5 heteroatoms. The molecule has 0 aliphatic heterocycles. The number of hydrogen-bond acceptors (Lipinski definition) is 1. The summed E-state index contributed by atoms with van der Waals surface area (Å²) in [6.07, 6.45) is 0.696. The van der Waals surface area contributed by atoms with Crippen LogP contribution >= 0.6 is 39.1 Å². The second-order valence-corrected chi connectivity index (χ2v) is 5.71. The van der Waals surface area contributed by atoms with E-state index in [1.54, 1.807) is 6.07 Å². The molecule has 1 aromatic rings. The molecule has 0 saturated carbocycles. The lowest BCUT2D eigenvalue weighted by Crippen LogP contribution is -2.51. The first-order chi connectivity index (χ1) is 8.48. The van der Waals surface area contributed by atoms with Gasteiger partial charge < -0.3 is 5.32 Å². The summed E-state index contributed by atoms with van der Waals surface area (Å²) < 4.78 is 0.982. The first-order valence-corrected chi connectivity index (χ1v) is 7.55. The lowest BCUT2D eigenvalue weighted by molar-refractivity contribution is 0.0913. The first kappa shape index (κ1) is 15.8. The minimum atomic E-state index is -0.541. The molecule has 0 saturated heterocycles. The van der Waals surface area contributed by atoms with Crippen LogP contribution in [-0.2, 0) is 0 Å². The average molecular weight is 353 g/mol. The summed E-state index contributed by atoms with van der Waals surface area (Å²) in [6, 6.07) is 5.47. The maximum Gasteiger partial charge on any atom is 0.251 e. The van der Waals surface area contributed by atoms with Gasteiger partial charge in [-0.3, -0.25) is 4.79 Å². The van der Waals surface area contributed by atoms with Crippen LogP contribution in [0.3, 0.4) is 0 Å². The SMILES string of the molecule is CCC(CCl)(CCl)NC(=O)c1ccc(Br)c(C)c1. The Balaban J connectivity index is 2.90. The highest BCUT2D eigenvalue weighted by Crippen LogP contribution is 2.19. The highest BCUT2D eigenvalue weighted by molar-refractivity contribution is 9.10. The topological polar surface area (TPSA) is 29.1 Å². The van der Waals surface area contributed by atoms with E-state index >= 15 is 0 Å². The fourth-order valence-corrected chi connectivity index (χ4v) is 2.52. The molecule has 0 aliphatic carbocycles. The van der Waals surface area contributed by atoms with Crippen molar-refractivity contribution in [1.82, 2.24) is 5.32 Å². The smallest absolute Gasteiger partial charge is 0.251 e. The molecule has 2 nitrogen and oxygen atoms in total. The van der Waals surface area contributed by atoms with Crippen LogP contribution in [0.25, 0.3) is 0 Å². The van der Waals surface area contributed by atoms with Crippen molar-refractivity contribution in [2.24, 2.45) is 0 Å². The number of amides is 1. The van der Waals surface area contributed by atoms with Crippen molar-refractivity contribution < 1.29 is 4.79 Å². The molecular weight excluding hydrogens is 337 g/mol. The highest BCUT2D eigenvalue weighted by Gasteiger charge is 2.28. The van der Waals surface area contributed by atoms with Gasteiger partial charge in [0, 0.05) is 21.8 Å². The maximum absolute atomic E-state index is 12.2. The second-order valence-electron chi connectivity index (χ2n) is 4.32. The Morgan fingerprint density at radius 1 is 1.39 bits per heavy atom. The third-order valence-corrected chi connectivity index (χ3v) is 4.90. The van der Waals surface area contributed by atoms with Gasteiger partial charge in [0.15, 0.2) is 0 Å². The summed E-state index contributed by atoms with van der Waals surface area (Å²) in [7, 11) is 0. The number of carbonyl (C=O) groups excluding carboxylic acids is 1. The van der Waals surface area contributed by atoms with Gasteiger partial charge in [-0.2, -0.15) is 0 Å². The summed E-state index contributed by atoms with van der Waals surface area (Å²) in [6.45, 7) is 3.90. The number of nitrogens with one attached hydrogen (secondary N) is 1. The van der Waals surface area contributed by atoms with Gasteiger partial charge in [-0.1, -0.05) is 22.9 Å². The van der Waals surface area contributed by atoms with Gasteiger partial charge in [0.05, 0.1) is 5.54 Å². The molecule has 0 aliphatic rings. The molecule has 0 atom stereocenters. The Hall–Kier alpha value is -0.250. The first-order valence-electron chi connectivity index (χ1n) is 5.68. The molecular formula is C13H16BrCl2NO. The lowest BCUT2D eigenvalue weighted by Gasteiger charge is -2.29. The fourth-order valence-electron chi connectivity index (χ4n) is 1.48. The van der Waals surface area contributed by atoms with Crippen molar-refractivity contribution in [2.45, 2.75) is 25.8 Å². The molecule has 0 fully saturated rings. The summed E-state index contributed by atoms with van der Waals surface area (Å²) in [5.41, 5.74) is 1.09. The molecule has 1 N–H and O–H groups in total. The summed E-state index contributed by atoms with van der Waals surface area (Å²) >= 11 is 15.2. The van der Waals surface area contributed by atoms with Crippen molar-refractivity contribution in [1.29, 1.82) is 0 Å². The number of halogens is 3. The van der Waals surface area contributed by atoms with Gasteiger partial charge in [-0.05, 0) is 37.1 Å². The van der Waals surface area contributed by atoms with E-state index in [1.165, 1.54) is 0 Å². The number of aryl methyl sites for hydroxylation is 1. The second kappa shape index (κ2) is 6.78. The number of carbonyl (C=O) groups is 1. The van der Waals surface area contributed by atoms with Gasteiger partial charge in [-0.15, -0.1) is 23.2 Å². The van der Waals surface area contributed by atoms with Crippen molar-refractivity contribution in [3.05, 3.63) is 33.8 Å². The predicted octanol–water partition coefficient (Wildman–Crippen LogP) is 4.11. The van der Waals surface area contributed by atoms with Crippen LogP contribution in [0.2, 0.25) is 0 Å². The normalized spacial score (nSPS) is 11.4. The Kier molecular flexibility index (Phi) is 5.96. The number of benzene rings is 1. The van der Waals surface area contributed by atoms with E-state index in [2.05, 4.69) is 21.2 Å². The predicted molar refractivity (Wildman–Crippen MR) is 80.8 cm³/mol. The van der Waals surface area contributed by atoms with Crippen molar-refractivity contribution in [3.8, 4) is 0 Å². The Morgan fingerprint density at radius 3 is 2.44 bits per heavy atom. The minimum absolute atomic E-state index is 0.145. The Morgan fingerprint density at radius 2 is 2.00 bits per heavy atom. The van der Waals surface area contributed by atoms with E-state index in [0.29, 0.717) is 23.7 Å². The monoisotopic (exact) mass is 351 g/mol. The zero-order valence-electron chi connectivity index (χ0n) is 10.4. The molecule has 0 heterocycles. The van der Waals surface area contributed by atoms with E-state index in [-0.39, 0.29) is 5.91 Å². The average Bonchev–Trinajstić information content (AvgIpc) is 2.39. The van der Waals surface area contributed by atoms with Gasteiger partial charge in [0.2, 0.25) is 0 Å². The Bertz CT molecular complexity index is 425. The van der Waals surface area contributed by atoms with E-state index in [9.17, 15) is 4.79 Å². The van der Waals surface area contributed by atoms with E-state index in [1.807, 2.05) is 26.0 Å². The van der Waals surface area contributed by atoms with Gasteiger partial charge in [-0.25, -0.2) is 0 Å². The van der Waals surface area contributed by atoms with Crippen LogP contribution in [0.1, 0.15) is 29.3 Å². The largest absolute Gasteiger partial charge is 0.344 e. The third-order valence-electron chi connectivity index (χ3n) is 2.99. The summed E-state index contributed by atoms with van der Waals surface area (Å²) in [5, 5.41) is 2.92.